The summed E-state index contributed by atoms with van der Waals surface area (Å²) >= 11 is 0. The average molecular weight is 234 g/mol. The first kappa shape index (κ1) is 12.9. The van der Waals surface area contributed by atoms with E-state index in [2.05, 4.69) is 0 Å². The second-order valence-electron chi connectivity index (χ2n) is 2.24. The van der Waals surface area contributed by atoms with Gasteiger partial charge in [-0.2, -0.15) is 34.7 Å². The van der Waals surface area contributed by atoms with E-state index in [0.717, 1.165) is 0 Å². The van der Waals surface area contributed by atoms with E-state index in [4.69, 9.17) is 0 Å². The maximum atomic E-state index is 12.0. The van der Waals surface area contributed by atoms with Gasteiger partial charge in [0.15, 0.2) is 0 Å². The van der Waals surface area contributed by atoms with Gasteiger partial charge in [-0.3, -0.25) is 0 Å². The lowest BCUT2D eigenvalue weighted by Crippen LogP contribution is -2.50. The predicted molar refractivity (Wildman–Crippen MR) is 29.7 cm³/mol. The molecule has 0 amide bonds. The molecule has 0 saturated heterocycles. The molecule has 0 atom stereocenters. The minimum absolute atomic E-state index is 0.542. The Morgan fingerprint density at radius 2 is 1.15 bits per heavy atom. The summed E-state index contributed by atoms with van der Waals surface area (Å²) < 4.78 is 94.0. The van der Waals surface area contributed by atoms with E-state index in [-0.39, 0.29) is 0 Å². The molecule has 0 nitrogen and oxygen atoms in total. The van der Waals surface area contributed by atoms with Crippen molar-refractivity contribution in [3.63, 3.8) is 0 Å². The Kier molecular flexibility index (Phi) is 3.19. The SMILES string of the molecule is CC(F)(F)C(F)(F)C(F)(F)P(F)F. The van der Waals surface area contributed by atoms with Gasteiger partial charge in [-0.05, 0) is 0 Å². The lowest BCUT2D eigenvalue weighted by Gasteiger charge is -2.29. The molecule has 9 heteroatoms. The highest BCUT2D eigenvalue weighted by Crippen LogP contribution is 2.64. The smallest absolute Gasteiger partial charge is 0.200 e. The van der Waals surface area contributed by atoms with Crippen LogP contribution < -0.4 is 0 Å². The van der Waals surface area contributed by atoms with E-state index in [9.17, 15) is 34.7 Å². The third kappa shape index (κ3) is 2.03. The van der Waals surface area contributed by atoms with Gasteiger partial charge >= 0.3 is 26.1 Å². The monoisotopic (exact) mass is 234 g/mol. The minimum Gasteiger partial charge on any atom is -0.200 e. The minimum atomic E-state index is -6.03. The lowest BCUT2D eigenvalue weighted by atomic mass is 10.2. The molecule has 13 heavy (non-hydrogen) atoms. The van der Waals surface area contributed by atoms with Crippen LogP contribution in [0.15, 0.2) is 0 Å². The Morgan fingerprint density at radius 3 is 1.23 bits per heavy atom. The van der Waals surface area contributed by atoms with Crippen molar-refractivity contribution in [2.45, 2.75) is 24.4 Å². The van der Waals surface area contributed by atoms with E-state index in [1.807, 2.05) is 0 Å². The maximum absolute atomic E-state index is 12.0. The highest BCUT2D eigenvalue weighted by atomic mass is 31.2. The van der Waals surface area contributed by atoms with E-state index in [1.54, 1.807) is 0 Å². The molecule has 0 aromatic heterocycles. The number of alkyl halides is 6. The van der Waals surface area contributed by atoms with Crippen LogP contribution in [0, 0.1) is 0 Å². The zero-order chi connectivity index (χ0) is 11.1. The van der Waals surface area contributed by atoms with Crippen molar-refractivity contribution < 1.29 is 34.7 Å². The summed E-state index contributed by atoms with van der Waals surface area (Å²) in [7, 11) is -5.46. The van der Waals surface area contributed by atoms with E-state index in [1.165, 1.54) is 0 Å². The molecular formula is C4H3F8P. The summed E-state index contributed by atoms with van der Waals surface area (Å²) in [4.78, 5) is 0. The van der Waals surface area contributed by atoms with Crippen LogP contribution in [0.2, 0.25) is 0 Å². The third-order valence-electron chi connectivity index (χ3n) is 1.14. The molecule has 0 N–H and O–H groups in total. The fourth-order valence-corrected chi connectivity index (χ4v) is 0.779. The zero-order valence-corrected chi connectivity index (χ0v) is 6.87. The Balaban J connectivity index is 5.04. The third-order valence-corrected chi connectivity index (χ3v) is 1.85. The molecule has 0 aliphatic rings. The normalized spacial score (nSPS) is 15.2. The van der Waals surface area contributed by atoms with E-state index < -0.39 is 33.0 Å². The van der Waals surface area contributed by atoms with Gasteiger partial charge in [0.2, 0.25) is 0 Å². The number of halogens is 8. The molecule has 0 unspecified atom stereocenters. The summed E-state index contributed by atoms with van der Waals surface area (Å²) in [5.74, 6) is -11.2. The first-order valence-electron chi connectivity index (χ1n) is 2.70. The maximum Gasteiger partial charge on any atom is 0.392 e. The lowest BCUT2D eigenvalue weighted by molar-refractivity contribution is -0.273. The van der Waals surface area contributed by atoms with Crippen molar-refractivity contribution in [3.05, 3.63) is 0 Å². The summed E-state index contributed by atoms with van der Waals surface area (Å²) in [6, 6.07) is 0. The molecule has 0 aliphatic heterocycles. The van der Waals surface area contributed by atoms with Crippen LogP contribution >= 0.6 is 8.54 Å². The van der Waals surface area contributed by atoms with Crippen LogP contribution in [-0.2, 0) is 0 Å². The fourth-order valence-electron chi connectivity index (χ4n) is 0.370. The van der Waals surface area contributed by atoms with Gasteiger partial charge in [-0.1, -0.05) is 0 Å². The number of rotatable bonds is 3. The van der Waals surface area contributed by atoms with Gasteiger partial charge in [0.25, 0.3) is 0 Å². The van der Waals surface area contributed by atoms with Crippen molar-refractivity contribution in [3.8, 4) is 0 Å². The largest absolute Gasteiger partial charge is 0.392 e. The molecular weight excluding hydrogens is 231 g/mol. The summed E-state index contributed by atoms with van der Waals surface area (Å²) in [5.41, 5.74) is -5.97. The van der Waals surface area contributed by atoms with Crippen molar-refractivity contribution >= 4 is 8.54 Å². The van der Waals surface area contributed by atoms with Gasteiger partial charge in [-0.25, -0.2) is 0 Å². The second kappa shape index (κ2) is 3.22. The van der Waals surface area contributed by atoms with Gasteiger partial charge in [-0.15, -0.1) is 0 Å². The average Bonchev–Trinajstić information content (AvgIpc) is 1.84. The Labute approximate surface area is 68.9 Å². The van der Waals surface area contributed by atoms with Crippen molar-refractivity contribution in [1.29, 1.82) is 0 Å². The highest BCUT2D eigenvalue weighted by Gasteiger charge is 2.74. The molecule has 0 heterocycles. The Bertz CT molecular complexity index is 181. The predicted octanol–water partition coefficient (Wildman–Crippen LogP) is 4.12. The van der Waals surface area contributed by atoms with Crippen LogP contribution in [0.4, 0.5) is 34.7 Å². The van der Waals surface area contributed by atoms with Crippen molar-refractivity contribution in [2.75, 3.05) is 0 Å². The van der Waals surface area contributed by atoms with Crippen LogP contribution in [0.3, 0.4) is 0 Å². The standard InChI is InChI=1S/C4H3F8P/c1-2(5,6)3(7,8)4(9,10)13(11)12/h1H3. The molecule has 80 valence electrons. The molecule has 0 radical (unpaired) electrons. The van der Waals surface area contributed by atoms with Crippen LogP contribution in [-0.4, -0.2) is 17.5 Å². The van der Waals surface area contributed by atoms with Gasteiger partial charge < -0.3 is 0 Å². The molecule has 0 aliphatic carbocycles. The van der Waals surface area contributed by atoms with Crippen LogP contribution in [0.25, 0.3) is 0 Å². The van der Waals surface area contributed by atoms with Crippen LogP contribution in [0.1, 0.15) is 6.92 Å². The second-order valence-corrected chi connectivity index (χ2v) is 3.26. The summed E-state index contributed by atoms with van der Waals surface area (Å²) in [5, 5.41) is 0. The molecule has 0 rings (SSSR count). The Hall–Kier alpha value is -0.130. The Morgan fingerprint density at radius 1 is 0.846 bits per heavy atom. The highest BCUT2D eigenvalue weighted by molar-refractivity contribution is 7.47. The molecule has 0 aromatic carbocycles. The first-order valence-corrected chi connectivity index (χ1v) is 3.82. The van der Waals surface area contributed by atoms with Crippen molar-refractivity contribution in [1.82, 2.24) is 0 Å². The molecule has 0 saturated carbocycles. The quantitative estimate of drug-likeness (QED) is 0.508. The van der Waals surface area contributed by atoms with Gasteiger partial charge in [0.05, 0.1) is 0 Å². The van der Waals surface area contributed by atoms with Crippen LogP contribution in [0.5, 0.6) is 0 Å². The molecule has 0 aromatic rings. The van der Waals surface area contributed by atoms with Gasteiger partial charge in [0, 0.05) is 6.92 Å². The molecule has 0 spiro atoms. The van der Waals surface area contributed by atoms with Crippen molar-refractivity contribution in [2.24, 2.45) is 0 Å². The zero-order valence-electron chi connectivity index (χ0n) is 5.97. The fraction of sp³-hybridized carbons (Fsp3) is 1.00. The first-order chi connectivity index (χ1) is 5.44. The molecule has 0 bridgehead atoms. The van der Waals surface area contributed by atoms with E-state index in [0.29, 0.717) is 0 Å². The summed E-state index contributed by atoms with van der Waals surface area (Å²) in [6.45, 7) is -0.542. The number of hydrogen-bond acceptors (Lipinski definition) is 0. The number of hydrogen-bond donors (Lipinski definition) is 0. The molecule has 0 fully saturated rings. The van der Waals surface area contributed by atoms with E-state index >= 15 is 0 Å². The topological polar surface area (TPSA) is 0 Å². The summed E-state index contributed by atoms with van der Waals surface area (Å²) in [6.07, 6.45) is 0. The van der Waals surface area contributed by atoms with Gasteiger partial charge in [0.1, 0.15) is 0 Å².